The van der Waals surface area contributed by atoms with Crippen molar-refractivity contribution in [1.82, 2.24) is 5.43 Å². The van der Waals surface area contributed by atoms with Crippen molar-refractivity contribution in [2.24, 2.45) is 5.73 Å². The van der Waals surface area contributed by atoms with Crippen LogP contribution in [0.1, 0.15) is 6.92 Å². The van der Waals surface area contributed by atoms with E-state index in [1.165, 1.54) is 0 Å². The fourth-order valence-corrected chi connectivity index (χ4v) is 1.20. The van der Waals surface area contributed by atoms with Crippen LogP contribution >= 0.6 is 0 Å². The minimum atomic E-state index is -0.197. The fraction of sp³-hybridized carbons (Fsp3) is 0.250. The molecule has 0 saturated heterocycles. The van der Waals surface area contributed by atoms with Crippen LogP contribution < -0.4 is 16.2 Å². The summed E-state index contributed by atoms with van der Waals surface area (Å²) >= 11 is 0. The minimum Gasteiger partial charge on any atom is -0.329 e. The average molecular weight is 219 g/mol. The molecule has 0 atom stereocenters. The largest absolute Gasteiger partial charge is 0.329 e. The highest BCUT2D eigenvalue weighted by atomic mass is 16.2. The molecule has 0 bridgehead atoms. The number of nitrogens with zero attached hydrogens (tertiary/aromatic N) is 1. The number of nitrogens with one attached hydrogen (secondary N) is 1. The van der Waals surface area contributed by atoms with E-state index in [1.807, 2.05) is 30.3 Å². The Bertz CT molecular complexity index is 362. The standard InChI is InChI=1S/C12H17N3O/c1-10(2)12(16)14-15(9-8-13)11-6-4-3-5-7-11/h3-7H,1,8-9,13H2,2H3,(H,14,16). The monoisotopic (exact) mass is 219 g/mol. The summed E-state index contributed by atoms with van der Waals surface area (Å²) in [6.07, 6.45) is 0. The first kappa shape index (κ1) is 12.3. The molecular weight excluding hydrogens is 202 g/mol. The van der Waals surface area contributed by atoms with E-state index in [0.29, 0.717) is 18.7 Å². The van der Waals surface area contributed by atoms with Gasteiger partial charge in [0.15, 0.2) is 0 Å². The molecule has 86 valence electrons. The lowest BCUT2D eigenvalue weighted by Gasteiger charge is -2.24. The third-order valence-corrected chi connectivity index (χ3v) is 2.04. The van der Waals surface area contributed by atoms with Gasteiger partial charge in [0.25, 0.3) is 5.91 Å². The molecule has 4 nitrogen and oxygen atoms in total. The second-order valence-corrected chi connectivity index (χ2v) is 3.50. The van der Waals surface area contributed by atoms with Crippen molar-refractivity contribution >= 4 is 11.6 Å². The molecule has 0 unspecified atom stereocenters. The molecule has 0 radical (unpaired) electrons. The summed E-state index contributed by atoms with van der Waals surface area (Å²) in [6.45, 7) is 6.28. The van der Waals surface area contributed by atoms with Gasteiger partial charge in [0.1, 0.15) is 0 Å². The van der Waals surface area contributed by atoms with Crippen LogP contribution in [0.15, 0.2) is 42.5 Å². The number of para-hydroxylation sites is 1. The quantitative estimate of drug-likeness (QED) is 0.575. The van der Waals surface area contributed by atoms with Crippen molar-refractivity contribution in [2.45, 2.75) is 6.92 Å². The summed E-state index contributed by atoms with van der Waals surface area (Å²) in [4.78, 5) is 11.5. The third-order valence-electron chi connectivity index (χ3n) is 2.04. The van der Waals surface area contributed by atoms with Crippen LogP contribution in [-0.2, 0) is 4.79 Å². The van der Waals surface area contributed by atoms with E-state index in [9.17, 15) is 4.79 Å². The molecule has 4 heteroatoms. The summed E-state index contributed by atoms with van der Waals surface area (Å²) in [5, 5.41) is 1.72. The maximum Gasteiger partial charge on any atom is 0.264 e. The van der Waals surface area contributed by atoms with Crippen molar-refractivity contribution in [1.29, 1.82) is 0 Å². The van der Waals surface area contributed by atoms with E-state index in [2.05, 4.69) is 12.0 Å². The highest BCUT2D eigenvalue weighted by molar-refractivity contribution is 5.93. The molecule has 0 saturated carbocycles. The van der Waals surface area contributed by atoms with E-state index in [1.54, 1.807) is 11.9 Å². The van der Waals surface area contributed by atoms with Gasteiger partial charge < -0.3 is 5.73 Å². The number of nitrogens with two attached hydrogens (primary N) is 1. The lowest BCUT2D eigenvalue weighted by atomic mass is 10.3. The van der Waals surface area contributed by atoms with Crippen LogP contribution in [0.25, 0.3) is 0 Å². The number of hydrogen-bond donors (Lipinski definition) is 2. The molecule has 0 heterocycles. The SMILES string of the molecule is C=C(C)C(=O)NN(CCN)c1ccccc1. The number of rotatable bonds is 5. The van der Waals surface area contributed by atoms with Crippen molar-refractivity contribution < 1.29 is 4.79 Å². The van der Waals surface area contributed by atoms with E-state index in [4.69, 9.17) is 5.73 Å². The van der Waals surface area contributed by atoms with Gasteiger partial charge >= 0.3 is 0 Å². The maximum absolute atomic E-state index is 11.5. The molecule has 0 aliphatic heterocycles. The Morgan fingerprint density at radius 3 is 2.56 bits per heavy atom. The summed E-state index contributed by atoms with van der Waals surface area (Å²) in [5.74, 6) is -0.197. The van der Waals surface area contributed by atoms with E-state index >= 15 is 0 Å². The topological polar surface area (TPSA) is 58.4 Å². The molecule has 16 heavy (non-hydrogen) atoms. The molecule has 1 aromatic carbocycles. The number of anilines is 1. The lowest BCUT2D eigenvalue weighted by molar-refractivity contribution is -0.117. The zero-order valence-corrected chi connectivity index (χ0v) is 9.44. The molecular formula is C12H17N3O. The van der Waals surface area contributed by atoms with Crippen LogP contribution in [0.4, 0.5) is 5.69 Å². The Balaban J connectivity index is 2.76. The smallest absolute Gasteiger partial charge is 0.264 e. The highest BCUT2D eigenvalue weighted by Gasteiger charge is 2.09. The van der Waals surface area contributed by atoms with Gasteiger partial charge in [-0.25, -0.2) is 0 Å². The van der Waals surface area contributed by atoms with Crippen molar-refractivity contribution in [3.63, 3.8) is 0 Å². The number of amides is 1. The molecule has 0 aromatic heterocycles. The van der Waals surface area contributed by atoms with Gasteiger partial charge in [0.2, 0.25) is 0 Å². The minimum absolute atomic E-state index is 0.197. The zero-order valence-electron chi connectivity index (χ0n) is 9.44. The summed E-state index contributed by atoms with van der Waals surface area (Å²) in [5.41, 5.74) is 9.63. The highest BCUT2D eigenvalue weighted by Crippen LogP contribution is 2.10. The maximum atomic E-state index is 11.5. The van der Waals surface area contributed by atoms with E-state index in [0.717, 1.165) is 5.69 Å². The van der Waals surface area contributed by atoms with Gasteiger partial charge in [0.05, 0.1) is 12.2 Å². The average Bonchev–Trinajstić information content (AvgIpc) is 2.29. The Hall–Kier alpha value is -1.81. The predicted molar refractivity (Wildman–Crippen MR) is 65.8 cm³/mol. The Labute approximate surface area is 95.7 Å². The van der Waals surface area contributed by atoms with Crippen LogP contribution in [0, 0.1) is 0 Å². The van der Waals surface area contributed by atoms with Gasteiger partial charge in [-0.15, -0.1) is 0 Å². The van der Waals surface area contributed by atoms with Crippen molar-refractivity contribution in [3.05, 3.63) is 42.5 Å². The van der Waals surface area contributed by atoms with E-state index in [-0.39, 0.29) is 5.91 Å². The second-order valence-electron chi connectivity index (χ2n) is 3.50. The van der Waals surface area contributed by atoms with Gasteiger partial charge in [-0.2, -0.15) is 0 Å². The van der Waals surface area contributed by atoms with Crippen LogP contribution in [0.3, 0.4) is 0 Å². The normalized spacial score (nSPS) is 9.62. The third kappa shape index (κ3) is 3.40. The van der Waals surface area contributed by atoms with Crippen LogP contribution in [-0.4, -0.2) is 19.0 Å². The second kappa shape index (κ2) is 5.92. The molecule has 1 rings (SSSR count). The van der Waals surface area contributed by atoms with Gasteiger partial charge in [-0.05, 0) is 19.1 Å². The van der Waals surface area contributed by atoms with Gasteiger partial charge in [0, 0.05) is 12.1 Å². The summed E-state index contributed by atoms with van der Waals surface area (Å²) in [6, 6.07) is 9.56. The Kier molecular flexibility index (Phi) is 4.54. The predicted octanol–water partition coefficient (Wildman–Crippen LogP) is 1.06. The Morgan fingerprint density at radius 2 is 2.06 bits per heavy atom. The Morgan fingerprint density at radius 1 is 1.44 bits per heavy atom. The fourth-order valence-electron chi connectivity index (χ4n) is 1.20. The molecule has 0 fully saturated rings. The molecule has 1 amide bonds. The van der Waals surface area contributed by atoms with Crippen LogP contribution in [0.5, 0.6) is 0 Å². The first-order valence-electron chi connectivity index (χ1n) is 5.14. The number of hydrogen-bond acceptors (Lipinski definition) is 3. The van der Waals surface area contributed by atoms with E-state index < -0.39 is 0 Å². The van der Waals surface area contributed by atoms with Crippen molar-refractivity contribution in [3.8, 4) is 0 Å². The molecule has 0 spiro atoms. The molecule has 0 aliphatic carbocycles. The van der Waals surface area contributed by atoms with Gasteiger partial charge in [-0.1, -0.05) is 24.8 Å². The van der Waals surface area contributed by atoms with Crippen LogP contribution in [0.2, 0.25) is 0 Å². The molecule has 3 N–H and O–H groups in total. The number of benzene rings is 1. The zero-order chi connectivity index (χ0) is 12.0. The summed E-state index contributed by atoms with van der Waals surface area (Å²) in [7, 11) is 0. The number of carbonyl (C=O) groups excluding carboxylic acids is 1. The lowest BCUT2D eigenvalue weighted by Crippen LogP contribution is -2.45. The summed E-state index contributed by atoms with van der Waals surface area (Å²) < 4.78 is 0. The first-order valence-corrected chi connectivity index (χ1v) is 5.14. The van der Waals surface area contributed by atoms with Crippen molar-refractivity contribution in [2.75, 3.05) is 18.1 Å². The van der Waals surface area contributed by atoms with Gasteiger partial charge in [-0.3, -0.25) is 15.2 Å². The molecule has 1 aromatic rings. The number of carbonyl (C=O) groups is 1. The first-order chi connectivity index (χ1) is 7.65. The molecule has 0 aliphatic rings. The number of hydrazine groups is 1.